The first-order valence-corrected chi connectivity index (χ1v) is 7.21. The number of benzene rings is 2. The molecule has 2 nitrogen and oxygen atoms in total. The third-order valence-corrected chi connectivity index (χ3v) is 3.22. The topological polar surface area (TPSA) is 21.3 Å². The van der Waals surface area contributed by atoms with E-state index in [1.165, 1.54) is 11.1 Å². The summed E-state index contributed by atoms with van der Waals surface area (Å²) in [6.45, 7) is 7.16. The zero-order valence-electron chi connectivity index (χ0n) is 12.5. The van der Waals surface area contributed by atoms with Crippen LogP contribution in [0, 0.1) is 6.92 Å². The van der Waals surface area contributed by atoms with Gasteiger partial charge in [-0.2, -0.15) is 0 Å². The maximum absolute atomic E-state index is 5.81. The number of nitrogens with one attached hydrogen (secondary N) is 1. The highest BCUT2D eigenvalue weighted by atomic mass is 16.5. The summed E-state index contributed by atoms with van der Waals surface area (Å²) in [6.07, 6.45) is 1.21. The van der Waals surface area contributed by atoms with Crippen molar-refractivity contribution < 1.29 is 4.74 Å². The summed E-state index contributed by atoms with van der Waals surface area (Å²) in [4.78, 5) is 0. The molecule has 2 heteroatoms. The quantitative estimate of drug-likeness (QED) is 0.837. The fourth-order valence-electron chi connectivity index (χ4n) is 2.19. The van der Waals surface area contributed by atoms with E-state index in [2.05, 4.69) is 42.6 Å². The van der Waals surface area contributed by atoms with Crippen LogP contribution >= 0.6 is 0 Å². The van der Waals surface area contributed by atoms with Gasteiger partial charge in [-0.3, -0.25) is 0 Å². The Labute approximate surface area is 121 Å². The lowest BCUT2D eigenvalue weighted by molar-refractivity contribution is 0.243. The summed E-state index contributed by atoms with van der Waals surface area (Å²) < 4.78 is 5.81. The first-order chi connectivity index (χ1) is 9.66. The van der Waals surface area contributed by atoms with E-state index in [1.54, 1.807) is 0 Å². The van der Waals surface area contributed by atoms with Crippen molar-refractivity contribution in [2.45, 2.75) is 33.3 Å². The molecule has 0 fully saturated rings. The molecule has 0 saturated carbocycles. The Hall–Kier alpha value is -1.96. The van der Waals surface area contributed by atoms with Gasteiger partial charge in [0.05, 0.1) is 11.8 Å². The first kappa shape index (κ1) is 14.4. The van der Waals surface area contributed by atoms with E-state index in [9.17, 15) is 0 Å². The lowest BCUT2D eigenvalue weighted by Gasteiger charge is -2.15. The fraction of sp³-hybridized carbons (Fsp3) is 0.333. The molecule has 106 valence electrons. The minimum Gasteiger partial charge on any atom is -0.489 e. The second-order valence-electron chi connectivity index (χ2n) is 5.27. The van der Waals surface area contributed by atoms with E-state index in [0.717, 1.165) is 24.4 Å². The summed E-state index contributed by atoms with van der Waals surface area (Å²) in [5.41, 5.74) is 3.80. The van der Waals surface area contributed by atoms with Crippen LogP contribution in [0.4, 0.5) is 5.69 Å². The van der Waals surface area contributed by atoms with Gasteiger partial charge in [0.1, 0.15) is 5.75 Å². The van der Waals surface area contributed by atoms with E-state index in [4.69, 9.17) is 4.74 Å². The van der Waals surface area contributed by atoms with Gasteiger partial charge < -0.3 is 10.1 Å². The Bertz CT molecular complexity index is 549. The average molecular weight is 269 g/mol. The molecule has 2 rings (SSSR count). The van der Waals surface area contributed by atoms with Crippen LogP contribution in [-0.2, 0) is 6.42 Å². The molecular formula is C18H23NO. The van der Waals surface area contributed by atoms with Crippen LogP contribution in [0.1, 0.15) is 25.0 Å². The number of aryl methyl sites for hydroxylation is 1. The molecule has 0 spiro atoms. The highest BCUT2D eigenvalue weighted by molar-refractivity contribution is 5.56. The SMILES string of the molecule is Cc1ccccc1CCNc1ccccc1OC(C)C. The first-order valence-electron chi connectivity index (χ1n) is 7.21. The Balaban J connectivity index is 1.96. The molecule has 0 aliphatic heterocycles. The Morgan fingerprint density at radius 3 is 2.45 bits per heavy atom. The van der Waals surface area contributed by atoms with Crippen LogP contribution in [0.25, 0.3) is 0 Å². The number of rotatable bonds is 6. The highest BCUT2D eigenvalue weighted by Gasteiger charge is 2.04. The lowest BCUT2D eigenvalue weighted by atomic mass is 10.1. The molecule has 20 heavy (non-hydrogen) atoms. The van der Waals surface area contributed by atoms with Gasteiger partial charge in [0.15, 0.2) is 0 Å². The summed E-state index contributed by atoms with van der Waals surface area (Å²) in [7, 11) is 0. The molecule has 0 bridgehead atoms. The Kier molecular flexibility index (Phi) is 5.05. The van der Waals surface area contributed by atoms with Crippen molar-refractivity contribution in [1.82, 2.24) is 0 Å². The molecule has 1 N–H and O–H groups in total. The van der Waals surface area contributed by atoms with Gasteiger partial charge in [-0.15, -0.1) is 0 Å². The Morgan fingerprint density at radius 2 is 1.70 bits per heavy atom. The van der Waals surface area contributed by atoms with Crippen molar-refractivity contribution >= 4 is 5.69 Å². The summed E-state index contributed by atoms with van der Waals surface area (Å²) in [5.74, 6) is 0.923. The smallest absolute Gasteiger partial charge is 0.142 e. The van der Waals surface area contributed by atoms with E-state index < -0.39 is 0 Å². The number of para-hydroxylation sites is 2. The molecular weight excluding hydrogens is 246 g/mol. The zero-order chi connectivity index (χ0) is 14.4. The average Bonchev–Trinajstić information content (AvgIpc) is 2.42. The largest absolute Gasteiger partial charge is 0.489 e. The highest BCUT2D eigenvalue weighted by Crippen LogP contribution is 2.24. The fourth-order valence-corrected chi connectivity index (χ4v) is 2.19. The lowest BCUT2D eigenvalue weighted by Crippen LogP contribution is -2.10. The number of hydrogen-bond donors (Lipinski definition) is 1. The molecule has 0 saturated heterocycles. The van der Waals surface area contributed by atoms with Gasteiger partial charge in [-0.05, 0) is 50.5 Å². The molecule has 0 aliphatic carbocycles. The molecule has 0 radical (unpaired) electrons. The molecule has 0 heterocycles. The Morgan fingerprint density at radius 1 is 1.00 bits per heavy atom. The zero-order valence-corrected chi connectivity index (χ0v) is 12.5. The minimum atomic E-state index is 0.189. The van der Waals surface area contributed by atoms with E-state index in [-0.39, 0.29) is 6.10 Å². The molecule has 0 amide bonds. The third kappa shape index (κ3) is 4.02. The van der Waals surface area contributed by atoms with Gasteiger partial charge in [0.25, 0.3) is 0 Å². The van der Waals surface area contributed by atoms with Crippen molar-refractivity contribution in [2.75, 3.05) is 11.9 Å². The molecule has 2 aromatic rings. The standard InChI is InChI=1S/C18H23NO/c1-14(2)20-18-11-7-6-10-17(18)19-13-12-16-9-5-4-8-15(16)3/h4-11,14,19H,12-13H2,1-3H3. The van der Waals surface area contributed by atoms with Gasteiger partial charge in [0.2, 0.25) is 0 Å². The van der Waals surface area contributed by atoms with E-state index in [0.29, 0.717) is 0 Å². The van der Waals surface area contributed by atoms with Crippen molar-refractivity contribution in [2.24, 2.45) is 0 Å². The predicted molar refractivity (Wildman–Crippen MR) is 85.6 cm³/mol. The summed E-state index contributed by atoms with van der Waals surface area (Å²) >= 11 is 0. The van der Waals surface area contributed by atoms with Crippen LogP contribution in [0.3, 0.4) is 0 Å². The summed E-state index contributed by atoms with van der Waals surface area (Å²) in [5, 5.41) is 3.47. The van der Waals surface area contributed by atoms with Gasteiger partial charge in [-0.1, -0.05) is 36.4 Å². The van der Waals surface area contributed by atoms with Crippen LogP contribution < -0.4 is 10.1 Å². The van der Waals surface area contributed by atoms with Crippen molar-refractivity contribution in [3.63, 3.8) is 0 Å². The van der Waals surface area contributed by atoms with Crippen molar-refractivity contribution in [3.05, 3.63) is 59.7 Å². The van der Waals surface area contributed by atoms with E-state index in [1.807, 2.05) is 32.0 Å². The molecule has 0 aliphatic rings. The van der Waals surface area contributed by atoms with E-state index >= 15 is 0 Å². The number of hydrogen-bond acceptors (Lipinski definition) is 2. The van der Waals surface area contributed by atoms with Crippen LogP contribution in [0.5, 0.6) is 5.75 Å². The van der Waals surface area contributed by atoms with Crippen molar-refractivity contribution in [3.8, 4) is 5.75 Å². The molecule has 0 atom stereocenters. The normalized spacial score (nSPS) is 10.6. The van der Waals surface area contributed by atoms with Gasteiger partial charge in [-0.25, -0.2) is 0 Å². The van der Waals surface area contributed by atoms with Gasteiger partial charge >= 0.3 is 0 Å². The minimum absolute atomic E-state index is 0.189. The second kappa shape index (κ2) is 6.99. The molecule has 0 aromatic heterocycles. The van der Waals surface area contributed by atoms with Gasteiger partial charge in [0, 0.05) is 6.54 Å². The maximum atomic E-state index is 5.81. The molecule has 2 aromatic carbocycles. The van der Waals surface area contributed by atoms with Crippen LogP contribution in [0.2, 0.25) is 0 Å². The van der Waals surface area contributed by atoms with Crippen molar-refractivity contribution in [1.29, 1.82) is 0 Å². The monoisotopic (exact) mass is 269 g/mol. The van der Waals surface area contributed by atoms with Crippen LogP contribution in [-0.4, -0.2) is 12.6 Å². The number of anilines is 1. The predicted octanol–water partition coefficient (Wildman–Crippen LogP) is 4.44. The third-order valence-electron chi connectivity index (χ3n) is 3.22. The van der Waals surface area contributed by atoms with Crippen LogP contribution in [0.15, 0.2) is 48.5 Å². The summed E-state index contributed by atoms with van der Waals surface area (Å²) in [6, 6.07) is 16.6. The molecule has 0 unspecified atom stereocenters. The number of ether oxygens (including phenoxy) is 1. The second-order valence-corrected chi connectivity index (χ2v) is 5.27. The maximum Gasteiger partial charge on any atom is 0.142 e.